The first kappa shape index (κ1) is 11.5. The molecule has 1 aromatic heterocycles. The molecule has 0 fully saturated rings. The number of aromatic nitrogens is 1. The summed E-state index contributed by atoms with van der Waals surface area (Å²) < 4.78 is 0. The first-order valence-electron chi connectivity index (χ1n) is 4.18. The number of nitrogens with zero attached hydrogens (tertiary/aromatic N) is 3. The summed E-state index contributed by atoms with van der Waals surface area (Å²) in [5.41, 5.74) is 0.943. The molecule has 1 heterocycles. The molecule has 0 saturated carbocycles. The number of aryl methyl sites for hydroxylation is 1. The van der Waals surface area contributed by atoms with Crippen molar-refractivity contribution in [3.8, 4) is 0 Å². The van der Waals surface area contributed by atoms with E-state index < -0.39 is 5.91 Å². The van der Waals surface area contributed by atoms with Crippen molar-refractivity contribution in [3.05, 3.63) is 22.7 Å². The predicted molar refractivity (Wildman–Crippen MR) is 61.3 cm³/mol. The van der Waals surface area contributed by atoms with Crippen LogP contribution in [0.4, 0.5) is 11.5 Å². The third kappa shape index (κ3) is 2.47. The Morgan fingerprint density at radius 2 is 2.27 bits per heavy atom. The molecule has 0 aromatic carbocycles. The maximum atomic E-state index is 11.1. The van der Waals surface area contributed by atoms with Crippen molar-refractivity contribution in [2.75, 3.05) is 10.1 Å². The van der Waals surface area contributed by atoms with Crippen LogP contribution in [-0.4, -0.2) is 10.9 Å². The average molecular weight is 226 g/mol. The number of hydrogen-bond acceptors (Lipinski definition) is 5. The van der Waals surface area contributed by atoms with Gasteiger partial charge in [0.15, 0.2) is 0 Å². The van der Waals surface area contributed by atoms with Gasteiger partial charge in [-0.2, -0.15) is 5.01 Å². The molecule has 0 aliphatic carbocycles. The van der Waals surface area contributed by atoms with Crippen LogP contribution in [0.15, 0.2) is 17.4 Å². The minimum absolute atomic E-state index is 0.390. The molecule has 1 unspecified atom stereocenters. The summed E-state index contributed by atoms with van der Waals surface area (Å²) in [6.07, 6.45) is 0. The van der Waals surface area contributed by atoms with Crippen molar-refractivity contribution in [2.45, 2.75) is 13.8 Å². The number of carbonyl (C=O) groups excluding carboxylic acids is 1. The first-order valence-corrected chi connectivity index (χ1v) is 4.76. The highest BCUT2D eigenvalue weighted by atomic mass is 31.0. The highest BCUT2D eigenvalue weighted by molar-refractivity contribution is 7.18. The standard InChI is InChI=1S/C8H11N4O2P/c1-5-7(12(11-14)6(2)13)3-4-8(9-5)10-15/h3-4H,15H2,1-2H3,(H,9,10). The van der Waals surface area contributed by atoms with E-state index in [2.05, 4.69) is 24.7 Å². The Morgan fingerprint density at radius 3 is 2.67 bits per heavy atom. The monoisotopic (exact) mass is 226 g/mol. The zero-order valence-electron chi connectivity index (χ0n) is 8.39. The topological polar surface area (TPSA) is 74.7 Å². The van der Waals surface area contributed by atoms with E-state index in [1.165, 1.54) is 6.92 Å². The van der Waals surface area contributed by atoms with E-state index in [0.29, 0.717) is 17.2 Å². The lowest BCUT2D eigenvalue weighted by Gasteiger charge is -2.13. The lowest BCUT2D eigenvalue weighted by Crippen LogP contribution is -2.22. The molecule has 0 radical (unpaired) electrons. The summed E-state index contributed by atoms with van der Waals surface area (Å²) in [6, 6.07) is 3.26. The van der Waals surface area contributed by atoms with Crippen LogP contribution in [0.1, 0.15) is 12.6 Å². The molecular weight excluding hydrogens is 215 g/mol. The summed E-state index contributed by atoms with van der Waals surface area (Å²) in [7, 11) is 2.31. The van der Waals surface area contributed by atoms with Gasteiger partial charge in [-0.1, -0.05) is 0 Å². The van der Waals surface area contributed by atoms with E-state index in [1.807, 2.05) is 0 Å². The Labute approximate surface area is 89.3 Å². The van der Waals surface area contributed by atoms with Gasteiger partial charge < -0.3 is 5.09 Å². The van der Waals surface area contributed by atoms with Gasteiger partial charge in [-0.3, -0.25) is 4.79 Å². The van der Waals surface area contributed by atoms with Gasteiger partial charge in [0.25, 0.3) is 0 Å². The largest absolute Gasteiger partial charge is 0.355 e. The molecule has 0 saturated heterocycles. The normalized spacial score (nSPS) is 9.53. The van der Waals surface area contributed by atoms with Gasteiger partial charge in [0.05, 0.1) is 16.7 Å². The Balaban J connectivity index is 3.14. The minimum Gasteiger partial charge on any atom is -0.355 e. The lowest BCUT2D eigenvalue weighted by molar-refractivity contribution is -0.116. The molecule has 0 aliphatic rings. The van der Waals surface area contributed by atoms with Crippen molar-refractivity contribution in [1.29, 1.82) is 0 Å². The maximum Gasteiger partial charge on any atom is 0.246 e. The van der Waals surface area contributed by atoms with Gasteiger partial charge >= 0.3 is 0 Å². The van der Waals surface area contributed by atoms with E-state index in [1.54, 1.807) is 19.1 Å². The summed E-state index contributed by atoms with van der Waals surface area (Å²) in [6.45, 7) is 2.96. The number of rotatable bonds is 3. The van der Waals surface area contributed by atoms with Gasteiger partial charge in [0.1, 0.15) is 5.82 Å². The molecule has 0 spiro atoms. The van der Waals surface area contributed by atoms with Crippen LogP contribution in [0.3, 0.4) is 0 Å². The van der Waals surface area contributed by atoms with Crippen LogP contribution >= 0.6 is 9.39 Å². The molecule has 1 rings (SSSR count). The van der Waals surface area contributed by atoms with Gasteiger partial charge in [-0.05, 0) is 28.4 Å². The zero-order chi connectivity index (χ0) is 11.4. The minimum atomic E-state index is -0.443. The van der Waals surface area contributed by atoms with Crippen LogP contribution in [0.5, 0.6) is 0 Å². The van der Waals surface area contributed by atoms with Crippen molar-refractivity contribution in [1.82, 2.24) is 4.98 Å². The van der Waals surface area contributed by atoms with Crippen LogP contribution in [-0.2, 0) is 4.79 Å². The maximum absolute atomic E-state index is 11.1. The summed E-state index contributed by atoms with van der Waals surface area (Å²) in [5.74, 6) is 0.192. The molecular formula is C8H11N4O2P. The first-order chi connectivity index (χ1) is 7.10. The average Bonchev–Trinajstić information content (AvgIpc) is 2.20. The van der Waals surface area contributed by atoms with E-state index in [4.69, 9.17) is 0 Å². The molecule has 1 amide bonds. The van der Waals surface area contributed by atoms with Crippen molar-refractivity contribution in [2.24, 2.45) is 5.29 Å². The van der Waals surface area contributed by atoms with Crippen molar-refractivity contribution < 1.29 is 4.79 Å². The quantitative estimate of drug-likeness (QED) is 0.482. The number of anilines is 2. The Hall–Kier alpha value is -1.55. The van der Waals surface area contributed by atoms with E-state index in [-0.39, 0.29) is 0 Å². The van der Waals surface area contributed by atoms with Crippen LogP contribution in [0.25, 0.3) is 0 Å². The smallest absolute Gasteiger partial charge is 0.246 e. The van der Waals surface area contributed by atoms with Gasteiger partial charge in [0, 0.05) is 6.92 Å². The summed E-state index contributed by atoms with van der Waals surface area (Å²) >= 11 is 0. The fourth-order valence-electron chi connectivity index (χ4n) is 1.13. The Morgan fingerprint density at radius 1 is 1.60 bits per heavy atom. The second-order valence-electron chi connectivity index (χ2n) is 2.86. The van der Waals surface area contributed by atoms with Crippen molar-refractivity contribution >= 4 is 26.8 Å². The van der Waals surface area contributed by atoms with Crippen LogP contribution < -0.4 is 10.1 Å². The fraction of sp³-hybridized carbons (Fsp3) is 0.250. The number of pyridine rings is 1. The van der Waals surface area contributed by atoms with E-state index in [9.17, 15) is 9.70 Å². The fourth-order valence-corrected chi connectivity index (χ4v) is 1.29. The van der Waals surface area contributed by atoms with Gasteiger partial charge in [-0.15, -0.1) is 4.91 Å². The highest BCUT2D eigenvalue weighted by Crippen LogP contribution is 2.21. The molecule has 1 N–H and O–H groups in total. The molecule has 7 heteroatoms. The van der Waals surface area contributed by atoms with Crippen LogP contribution in [0, 0.1) is 11.8 Å². The number of hydrogen-bond donors (Lipinski definition) is 1. The van der Waals surface area contributed by atoms with Crippen LogP contribution in [0.2, 0.25) is 0 Å². The Kier molecular flexibility index (Phi) is 3.68. The Bertz CT molecular complexity index is 396. The zero-order valence-corrected chi connectivity index (χ0v) is 9.54. The third-order valence-corrected chi connectivity index (χ3v) is 2.11. The molecule has 0 aliphatic heterocycles. The van der Waals surface area contributed by atoms with Gasteiger partial charge in [-0.25, -0.2) is 4.98 Å². The molecule has 6 nitrogen and oxygen atoms in total. The highest BCUT2D eigenvalue weighted by Gasteiger charge is 2.15. The SMILES string of the molecule is CC(=O)N(N=O)c1ccc(NP)nc1C. The molecule has 80 valence electrons. The second kappa shape index (κ2) is 4.79. The number of nitrogens with one attached hydrogen (secondary N) is 1. The van der Waals surface area contributed by atoms with Crippen molar-refractivity contribution in [3.63, 3.8) is 0 Å². The summed E-state index contributed by atoms with van der Waals surface area (Å²) in [5, 5.41) is 6.19. The molecule has 1 atom stereocenters. The number of amides is 1. The predicted octanol–water partition coefficient (Wildman–Crippen LogP) is 1.63. The van der Waals surface area contributed by atoms with E-state index >= 15 is 0 Å². The number of nitroso groups, excluding NO2 is 1. The van der Waals surface area contributed by atoms with E-state index in [0.717, 1.165) is 5.01 Å². The number of carbonyl (C=O) groups is 1. The second-order valence-corrected chi connectivity index (χ2v) is 3.15. The molecule has 0 bridgehead atoms. The molecule has 1 aromatic rings. The summed E-state index contributed by atoms with van der Waals surface area (Å²) in [4.78, 5) is 25.6. The van der Waals surface area contributed by atoms with Gasteiger partial charge in [0.2, 0.25) is 5.91 Å². The molecule has 15 heavy (non-hydrogen) atoms. The lowest BCUT2D eigenvalue weighted by atomic mass is 10.3. The third-order valence-electron chi connectivity index (χ3n) is 1.81.